The van der Waals surface area contributed by atoms with E-state index >= 15 is 0 Å². The molecular weight excluding hydrogens is 308 g/mol. The molecule has 1 fully saturated rings. The van der Waals surface area contributed by atoms with Gasteiger partial charge in [0.15, 0.2) is 5.82 Å². The molecule has 128 valence electrons. The number of carbonyl (C=O) groups excluding carboxylic acids is 1. The second-order valence-corrected chi connectivity index (χ2v) is 5.72. The minimum atomic E-state index is -0.272. The van der Waals surface area contributed by atoms with Gasteiger partial charge in [0.25, 0.3) is 0 Å². The highest BCUT2D eigenvalue weighted by Crippen LogP contribution is 2.23. The normalized spacial score (nSPS) is 17.8. The van der Waals surface area contributed by atoms with Crippen molar-refractivity contribution in [3.63, 3.8) is 0 Å². The third-order valence-corrected chi connectivity index (χ3v) is 4.18. The molecule has 0 spiro atoms. The third-order valence-electron chi connectivity index (χ3n) is 4.18. The summed E-state index contributed by atoms with van der Waals surface area (Å²) in [6.07, 6.45) is 3.54. The van der Waals surface area contributed by atoms with Crippen LogP contribution in [0.5, 0.6) is 0 Å². The van der Waals surface area contributed by atoms with Crippen LogP contribution in [0.2, 0.25) is 0 Å². The number of carbonyl (C=O) groups is 1. The van der Waals surface area contributed by atoms with Crippen molar-refractivity contribution in [3.8, 4) is 0 Å². The molecule has 0 radical (unpaired) electrons. The van der Waals surface area contributed by atoms with E-state index in [2.05, 4.69) is 16.9 Å². The van der Waals surface area contributed by atoms with Gasteiger partial charge in [0.05, 0.1) is 25.9 Å². The summed E-state index contributed by atoms with van der Waals surface area (Å²) < 4.78 is 10.9. The average Bonchev–Trinajstić information content (AvgIpc) is 3.14. The quantitative estimate of drug-likeness (QED) is 0.830. The molecule has 24 heavy (non-hydrogen) atoms. The second-order valence-electron chi connectivity index (χ2n) is 5.72. The SMILES string of the molecule is CCN(C)c1ccnc([C@H]2COCCN2C(=O)Cc2ccco2)n1. The van der Waals surface area contributed by atoms with Crippen molar-refractivity contribution in [2.45, 2.75) is 19.4 Å². The Labute approximate surface area is 141 Å². The average molecular weight is 330 g/mol. The highest BCUT2D eigenvalue weighted by atomic mass is 16.5. The Kier molecular flexibility index (Phi) is 5.10. The molecule has 2 aromatic rings. The van der Waals surface area contributed by atoms with E-state index in [4.69, 9.17) is 9.15 Å². The van der Waals surface area contributed by atoms with Gasteiger partial charge in [0.2, 0.25) is 5.91 Å². The maximum atomic E-state index is 12.7. The van der Waals surface area contributed by atoms with Crippen LogP contribution in [0.1, 0.15) is 24.6 Å². The van der Waals surface area contributed by atoms with Gasteiger partial charge in [-0.05, 0) is 25.1 Å². The first-order valence-corrected chi connectivity index (χ1v) is 8.12. The van der Waals surface area contributed by atoms with Crippen molar-refractivity contribution < 1.29 is 13.9 Å². The fourth-order valence-electron chi connectivity index (χ4n) is 2.68. The van der Waals surface area contributed by atoms with Crippen LogP contribution in [0.3, 0.4) is 0 Å². The minimum absolute atomic E-state index is 0.00361. The number of anilines is 1. The van der Waals surface area contributed by atoms with Crippen LogP contribution in [0.4, 0.5) is 5.82 Å². The summed E-state index contributed by atoms with van der Waals surface area (Å²) in [5.41, 5.74) is 0. The number of rotatable bonds is 5. The number of nitrogens with zero attached hydrogens (tertiary/aromatic N) is 4. The fourth-order valence-corrected chi connectivity index (χ4v) is 2.68. The number of aromatic nitrogens is 2. The molecule has 3 rings (SSSR count). The van der Waals surface area contributed by atoms with Gasteiger partial charge in [-0.25, -0.2) is 9.97 Å². The van der Waals surface area contributed by atoms with Crippen molar-refractivity contribution in [2.24, 2.45) is 0 Å². The van der Waals surface area contributed by atoms with Crippen molar-refractivity contribution in [3.05, 3.63) is 42.2 Å². The Morgan fingerprint density at radius 2 is 2.33 bits per heavy atom. The summed E-state index contributed by atoms with van der Waals surface area (Å²) in [5.74, 6) is 2.11. The van der Waals surface area contributed by atoms with E-state index in [1.807, 2.05) is 18.0 Å². The topological polar surface area (TPSA) is 71.7 Å². The molecule has 0 bridgehead atoms. The summed E-state index contributed by atoms with van der Waals surface area (Å²) in [6.45, 7) is 4.36. The molecule has 0 aromatic carbocycles. The van der Waals surface area contributed by atoms with Crippen LogP contribution in [0, 0.1) is 0 Å². The Morgan fingerprint density at radius 3 is 3.08 bits per heavy atom. The number of furan rings is 1. The molecule has 0 unspecified atom stereocenters. The zero-order valence-corrected chi connectivity index (χ0v) is 14.0. The van der Waals surface area contributed by atoms with Gasteiger partial charge >= 0.3 is 0 Å². The molecule has 1 saturated heterocycles. The Bertz CT molecular complexity index is 674. The summed E-state index contributed by atoms with van der Waals surface area (Å²) in [6, 6.07) is 5.19. The lowest BCUT2D eigenvalue weighted by Crippen LogP contribution is -2.44. The zero-order valence-electron chi connectivity index (χ0n) is 14.0. The van der Waals surface area contributed by atoms with Crippen molar-refractivity contribution >= 4 is 11.7 Å². The molecule has 7 heteroatoms. The van der Waals surface area contributed by atoms with Gasteiger partial charge < -0.3 is 19.0 Å². The lowest BCUT2D eigenvalue weighted by molar-refractivity contribution is -0.140. The van der Waals surface area contributed by atoms with E-state index in [0.29, 0.717) is 31.3 Å². The van der Waals surface area contributed by atoms with E-state index in [-0.39, 0.29) is 18.4 Å². The number of amides is 1. The fraction of sp³-hybridized carbons (Fsp3) is 0.471. The largest absolute Gasteiger partial charge is 0.469 e. The molecule has 2 aromatic heterocycles. The number of hydrogen-bond donors (Lipinski definition) is 0. The van der Waals surface area contributed by atoms with Gasteiger partial charge in [0.1, 0.15) is 17.6 Å². The van der Waals surface area contributed by atoms with Crippen LogP contribution in [0.25, 0.3) is 0 Å². The molecule has 3 heterocycles. The van der Waals surface area contributed by atoms with Crippen molar-refractivity contribution in [1.29, 1.82) is 0 Å². The molecule has 1 aliphatic rings. The van der Waals surface area contributed by atoms with E-state index in [1.165, 1.54) is 0 Å². The molecule has 0 aliphatic carbocycles. The van der Waals surface area contributed by atoms with Crippen LogP contribution in [0.15, 0.2) is 35.1 Å². The van der Waals surface area contributed by atoms with Crippen molar-refractivity contribution in [1.82, 2.24) is 14.9 Å². The summed E-state index contributed by atoms with van der Waals surface area (Å²) >= 11 is 0. The van der Waals surface area contributed by atoms with Crippen LogP contribution >= 0.6 is 0 Å². The standard InChI is InChI=1S/C17H22N4O3/c1-3-20(2)15-6-7-18-17(19-15)14-12-23-10-8-21(14)16(22)11-13-5-4-9-24-13/h4-7,9,14H,3,8,10-12H2,1-2H3/t14-/m1/s1. The van der Waals surface area contributed by atoms with E-state index in [0.717, 1.165) is 12.4 Å². The molecular formula is C17H22N4O3. The first-order chi connectivity index (χ1) is 11.7. The summed E-state index contributed by atoms with van der Waals surface area (Å²) in [7, 11) is 1.98. The zero-order chi connectivity index (χ0) is 16.9. The monoisotopic (exact) mass is 330 g/mol. The van der Waals surface area contributed by atoms with Crippen molar-refractivity contribution in [2.75, 3.05) is 38.3 Å². The maximum absolute atomic E-state index is 12.7. The van der Waals surface area contributed by atoms with Gasteiger partial charge in [-0.1, -0.05) is 0 Å². The highest BCUT2D eigenvalue weighted by molar-refractivity contribution is 5.78. The third kappa shape index (κ3) is 3.56. The first-order valence-electron chi connectivity index (χ1n) is 8.12. The maximum Gasteiger partial charge on any atom is 0.230 e. The minimum Gasteiger partial charge on any atom is -0.469 e. The van der Waals surface area contributed by atoms with Crippen LogP contribution in [-0.4, -0.2) is 54.1 Å². The van der Waals surface area contributed by atoms with Gasteiger partial charge in [-0.15, -0.1) is 0 Å². The Morgan fingerprint density at radius 1 is 1.46 bits per heavy atom. The van der Waals surface area contributed by atoms with E-state index in [1.54, 1.807) is 29.5 Å². The molecule has 7 nitrogen and oxygen atoms in total. The summed E-state index contributed by atoms with van der Waals surface area (Å²) in [4.78, 5) is 25.5. The first kappa shape index (κ1) is 16.4. The van der Waals surface area contributed by atoms with E-state index < -0.39 is 0 Å². The van der Waals surface area contributed by atoms with Gasteiger partial charge in [-0.2, -0.15) is 0 Å². The van der Waals surface area contributed by atoms with Crippen LogP contribution in [-0.2, 0) is 16.0 Å². The molecule has 0 saturated carbocycles. The highest BCUT2D eigenvalue weighted by Gasteiger charge is 2.31. The van der Waals surface area contributed by atoms with Gasteiger partial charge in [-0.3, -0.25) is 4.79 Å². The molecule has 0 N–H and O–H groups in total. The second kappa shape index (κ2) is 7.44. The number of ether oxygens (including phenoxy) is 1. The molecule has 1 atom stereocenters. The molecule has 1 amide bonds. The smallest absolute Gasteiger partial charge is 0.230 e. The number of hydrogen-bond acceptors (Lipinski definition) is 6. The Hall–Kier alpha value is -2.41. The lowest BCUT2D eigenvalue weighted by Gasteiger charge is -2.34. The lowest BCUT2D eigenvalue weighted by atomic mass is 10.1. The molecule has 1 aliphatic heterocycles. The van der Waals surface area contributed by atoms with E-state index in [9.17, 15) is 4.79 Å². The predicted octanol–water partition coefficient (Wildman–Crippen LogP) is 1.67. The predicted molar refractivity (Wildman–Crippen MR) is 88.7 cm³/mol. The van der Waals surface area contributed by atoms with Crippen LogP contribution < -0.4 is 4.90 Å². The summed E-state index contributed by atoms with van der Waals surface area (Å²) in [5, 5.41) is 0. The Balaban J connectivity index is 1.80. The van der Waals surface area contributed by atoms with Gasteiger partial charge in [0, 0.05) is 26.3 Å². The number of morpholine rings is 1.